The molecule has 2 fully saturated rings. The lowest BCUT2D eigenvalue weighted by atomic mass is 9.71. The van der Waals surface area contributed by atoms with Crippen LogP contribution in [0.4, 0.5) is 14.5 Å². The zero-order valence-corrected chi connectivity index (χ0v) is 19.5. The predicted octanol–water partition coefficient (Wildman–Crippen LogP) is 2.92. The number of carbonyl (C=O) groups is 1. The molecule has 2 aromatic rings. The largest absolute Gasteiger partial charge is 0.394 e. The van der Waals surface area contributed by atoms with Gasteiger partial charge < -0.3 is 20.6 Å². The van der Waals surface area contributed by atoms with Gasteiger partial charge in [0, 0.05) is 17.3 Å². The van der Waals surface area contributed by atoms with Gasteiger partial charge in [0.1, 0.15) is 6.10 Å². The van der Waals surface area contributed by atoms with Crippen LogP contribution in [-0.4, -0.2) is 53.2 Å². The first kappa shape index (κ1) is 25.0. The molecule has 7 nitrogen and oxygen atoms in total. The van der Waals surface area contributed by atoms with Crippen molar-refractivity contribution >= 4 is 33.0 Å². The molecule has 4 rings (SSSR count). The number of halogens is 3. The minimum atomic E-state index is -4.02. The number of aliphatic hydroxyl groups is 3. The van der Waals surface area contributed by atoms with E-state index in [9.17, 15) is 37.3 Å². The number of fused-ring (bicyclic) bond motifs is 2. The van der Waals surface area contributed by atoms with E-state index in [0.717, 1.165) is 18.2 Å². The molecule has 0 radical (unpaired) electrons. The molecule has 0 aliphatic heterocycles. The average Bonchev–Trinajstić information content (AvgIpc) is 2.97. The van der Waals surface area contributed by atoms with E-state index in [1.54, 1.807) is 0 Å². The van der Waals surface area contributed by atoms with Crippen LogP contribution in [0.3, 0.4) is 0 Å². The summed E-state index contributed by atoms with van der Waals surface area (Å²) in [5.74, 6) is -3.96. The highest BCUT2D eigenvalue weighted by Gasteiger charge is 2.58. The summed E-state index contributed by atoms with van der Waals surface area (Å²) >= 11 is 6.20. The first-order chi connectivity index (χ1) is 16.0. The third kappa shape index (κ3) is 4.22. The van der Waals surface area contributed by atoms with Crippen LogP contribution in [0.1, 0.15) is 36.0 Å². The number of hydrogen-bond acceptors (Lipinski definition) is 6. The molecule has 0 heterocycles. The van der Waals surface area contributed by atoms with Gasteiger partial charge in [-0.2, -0.15) is 0 Å². The molecule has 11 heteroatoms. The highest BCUT2D eigenvalue weighted by atomic mass is 35.5. The number of carbonyl (C=O) groups excluding carboxylic acids is 1. The van der Waals surface area contributed by atoms with Gasteiger partial charge in [-0.3, -0.25) is 4.79 Å². The van der Waals surface area contributed by atoms with Gasteiger partial charge in [0.25, 0.3) is 5.91 Å². The van der Waals surface area contributed by atoms with Crippen LogP contribution in [0.5, 0.6) is 0 Å². The summed E-state index contributed by atoms with van der Waals surface area (Å²) in [5, 5.41) is 31.9. The van der Waals surface area contributed by atoms with Gasteiger partial charge in [0.05, 0.1) is 27.4 Å². The zero-order chi connectivity index (χ0) is 24.8. The number of benzene rings is 2. The Hall–Kier alpha value is -2.11. The number of sulfone groups is 1. The van der Waals surface area contributed by atoms with Crippen LogP contribution in [0.2, 0.25) is 5.02 Å². The molecule has 2 aromatic carbocycles. The van der Waals surface area contributed by atoms with E-state index in [1.807, 2.05) is 0 Å². The molecule has 2 bridgehead atoms. The summed E-state index contributed by atoms with van der Waals surface area (Å²) in [5.41, 5.74) is -1.59. The number of rotatable bonds is 6. The van der Waals surface area contributed by atoms with Crippen molar-refractivity contribution in [3.05, 3.63) is 58.6 Å². The number of hydrogen-bond donors (Lipinski definition) is 4. The summed E-state index contributed by atoms with van der Waals surface area (Å²) < 4.78 is 53.5. The molecule has 2 unspecified atom stereocenters. The van der Waals surface area contributed by atoms with Gasteiger partial charge in [0.2, 0.25) is 0 Å². The maximum Gasteiger partial charge on any atom is 0.255 e. The average molecular weight is 516 g/mol. The maximum absolute atomic E-state index is 13.5. The first-order valence-corrected chi connectivity index (χ1v) is 12.7. The molecular formula is C23H24ClF2NO6S. The Morgan fingerprint density at radius 2 is 1.76 bits per heavy atom. The molecule has 3 atom stereocenters. The standard InChI is InChI=1S/C23H24ClF2NO6S/c24-17-5-1-12(22(30)27-15-4-6-18(25)19(26)10-15)7-20(17)34(32,33)16-8-13-2-3-14(9-16)23(13,31)21(29)11-28/h1,4-7,10,13-14,16,21,28-29,31H,2-3,8-9,11H2,(H,27,30)/t13?,14?,16-,21-,23-/m0/s1. The molecule has 34 heavy (non-hydrogen) atoms. The zero-order valence-electron chi connectivity index (χ0n) is 17.9. The highest BCUT2D eigenvalue weighted by Crippen LogP contribution is 2.53. The fourth-order valence-electron chi connectivity index (χ4n) is 5.31. The smallest absolute Gasteiger partial charge is 0.255 e. The maximum atomic E-state index is 13.5. The van der Waals surface area contributed by atoms with E-state index < -0.39 is 62.8 Å². The lowest BCUT2D eigenvalue weighted by Gasteiger charge is -2.44. The molecule has 4 N–H and O–H groups in total. The molecule has 2 saturated carbocycles. The van der Waals surface area contributed by atoms with Crippen LogP contribution >= 0.6 is 11.6 Å². The Morgan fingerprint density at radius 3 is 2.35 bits per heavy atom. The molecule has 0 spiro atoms. The number of nitrogens with one attached hydrogen (secondary N) is 1. The van der Waals surface area contributed by atoms with Gasteiger partial charge in [0.15, 0.2) is 21.5 Å². The summed E-state index contributed by atoms with van der Waals surface area (Å²) in [6.07, 6.45) is -0.161. The van der Waals surface area contributed by atoms with E-state index in [1.165, 1.54) is 18.2 Å². The topological polar surface area (TPSA) is 124 Å². The van der Waals surface area contributed by atoms with E-state index in [4.69, 9.17) is 11.6 Å². The van der Waals surface area contributed by atoms with Crippen molar-refractivity contribution in [2.75, 3.05) is 11.9 Å². The Balaban J connectivity index is 1.59. The lowest BCUT2D eigenvalue weighted by Crippen LogP contribution is -2.56. The SMILES string of the molecule is O=C(Nc1ccc(F)c(F)c1)c1ccc(Cl)c(S(=O)(=O)[C@H]2CC3CCC(C2)[C@]3(O)[C@@H](O)CO)c1. The molecule has 2 aliphatic rings. The van der Waals surface area contributed by atoms with Crippen molar-refractivity contribution in [1.82, 2.24) is 0 Å². The quantitative estimate of drug-likeness (QED) is 0.469. The summed E-state index contributed by atoms with van der Waals surface area (Å²) in [6, 6.07) is 6.56. The Labute approximate surface area is 200 Å². The number of aliphatic hydroxyl groups excluding tert-OH is 2. The second-order valence-electron chi connectivity index (χ2n) is 8.92. The predicted molar refractivity (Wildman–Crippen MR) is 120 cm³/mol. The molecule has 184 valence electrons. The monoisotopic (exact) mass is 515 g/mol. The summed E-state index contributed by atoms with van der Waals surface area (Å²) in [6.45, 7) is -0.623. The minimum Gasteiger partial charge on any atom is -0.394 e. The van der Waals surface area contributed by atoms with Crippen molar-refractivity contribution < 1.29 is 37.3 Å². The Morgan fingerprint density at radius 1 is 1.12 bits per heavy atom. The minimum absolute atomic E-state index is 0.00570. The number of anilines is 1. The molecule has 1 amide bonds. The fraction of sp³-hybridized carbons (Fsp3) is 0.435. The van der Waals surface area contributed by atoms with Gasteiger partial charge >= 0.3 is 0 Å². The van der Waals surface area contributed by atoms with E-state index >= 15 is 0 Å². The normalized spacial score (nSPS) is 27.4. The van der Waals surface area contributed by atoms with Crippen molar-refractivity contribution in [2.24, 2.45) is 11.8 Å². The van der Waals surface area contributed by atoms with E-state index in [-0.39, 0.29) is 34.0 Å². The van der Waals surface area contributed by atoms with Gasteiger partial charge in [-0.05, 0) is 67.9 Å². The summed E-state index contributed by atoms with van der Waals surface area (Å²) in [4.78, 5) is 12.4. The summed E-state index contributed by atoms with van der Waals surface area (Å²) in [7, 11) is -4.02. The fourth-order valence-corrected chi connectivity index (χ4v) is 7.71. The van der Waals surface area contributed by atoms with E-state index in [0.29, 0.717) is 12.8 Å². The van der Waals surface area contributed by atoms with Crippen molar-refractivity contribution in [1.29, 1.82) is 0 Å². The Kier molecular flexibility index (Phi) is 6.73. The molecular weight excluding hydrogens is 492 g/mol. The van der Waals surface area contributed by atoms with Gasteiger partial charge in [-0.1, -0.05) is 11.6 Å². The number of amides is 1. The van der Waals surface area contributed by atoms with Gasteiger partial charge in [-0.15, -0.1) is 0 Å². The second-order valence-corrected chi connectivity index (χ2v) is 11.5. The first-order valence-electron chi connectivity index (χ1n) is 10.8. The molecule has 0 saturated heterocycles. The van der Waals surface area contributed by atoms with E-state index in [2.05, 4.69) is 5.32 Å². The Bertz CT molecular complexity index is 1210. The van der Waals surface area contributed by atoms with Gasteiger partial charge in [-0.25, -0.2) is 17.2 Å². The second kappa shape index (κ2) is 9.16. The van der Waals surface area contributed by atoms with Crippen LogP contribution in [0, 0.1) is 23.5 Å². The van der Waals surface area contributed by atoms with Crippen LogP contribution in [-0.2, 0) is 9.84 Å². The van der Waals surface area contributed by atoms with Crippen molar-refractivity contribution in [3.63, 3.8) is 0 Å². The van der Waals surface area contributed by atoms with Crippen LogP contribution in [0.15, 0.2) is 41.3 Å². The molecule has 0 aromatic heterocycles. The highest BCUT2D eigenvalue weighted by molar-refractivity contribution is 7.92. The van der Waals surface area contributed by atoms with Crippen molar-refractivity contribution in [2.45, 2.75) is 47.5 Å². The van der Waals surface area contributed by atoms with Crippen LogP contribution < -0.4 is 5.32 Å². The lowest BCUT2D eigenvalue weighted by molar-refractivity contribution is -0.154. The van der Waals surface area contributed by atoms with Crippen LogP contribution in [0.25, 0.3) is 0 Å². The molecule has 2 aliphatic carbocycles. The third-order valence-electron chi connectivity index (χ3n) is 7.09. The third-order valence-corrected chi connectivity index (χ3v) is 9.74. The van der Waals surface area contributed by atoms with Crippen molar-refractivity contribution in [3.8, 4) is 0 Å².